The van der Waals surface area contributed by atoms with Gasteiger partial charge in [-0.3, -0.25) is 0 Å². The van der Waals surface area contributed by atoms with Crippen LogP contribution in [0.25, 0.3) is 0 Å². The Morgan fingerprint density at radius 3 is 2.56 bits per heavy atom. The summed E-state index contributed by atoms with van der Waals surface area (Å²) < 4.78 is 33.2. The number of benzene rings is 1. The van der Waals surface area contributed by atoms with Crippen molar-refractivity contribution in [2.24, 2.45) is 5.92 Å². The SMILES string of the molecule is CCCOc1ccc(S(=O)(=O)NCC(O)(c2cccs2)C2CC2)cc1. The summed E-state index contributed by atoms with van der Waals surface area (Å²) in [6.07, 6.45) is 2.73. The zero-order valence-corrected chi connectivity index (χ0v) is 15.8. The number of ether oxygens (including phenoxy) is 1. The average molecular weight is 382 g/mol. The van der Waals surface area contributed by atoms with Crippen LogP contribution in [0.2, 0.25) is 0 Å². The van der Waals surface area contributed by atoms with Crippen LogP contribution in [0, 0.1) is 5.92 Å². The molecule has 1 unspecified atom stereocenters. The quantitative estimate of drug-likeness (QED) is 0.700. The van der Waals surface area contributed by atoms with E-state index in [4.69, 9.17) is 4.74 Å². The van der Waals surface area contributed by atoms with Crippen LogP contribution in [-0.2, 0) is 15.6 Å². The molecule has 0 saturated heterocycles. The molecular formula is C18H23NO4S2. The number of hydrogen-bond acceptors (Lipinski definition) is 5. The van der Waals surface area contributed by atoms with Crippen molar-refractivity contribution in [3.63, 3.8) is 0 Å². The summed E-state index contributed by atoms with van der Waals surface area (Å²) in [6, 6.07) is 10.1. The third-order valence-electron chi connectivity index (χ3n) is 4.34. The third-order valence-corrected chi connectivity index (χ3v) is 6.79. The standard InChI is InChI=1S/C18H23NO4S2/c1-2-11-23-15-7-9-16(10-8-15)25(21,22)19-13-18(20,14-5-6-14)17-4-3-12-24-17/h3-4,7-10,12,14,19-20H,2,5-6,11,13H2,1H3. The zero-order chi connectivity index (χ0) is 17.9. The smallest absolute Gasteiger partial charge is 0.240 e. The van der Waals surface area contributed by atoms with Crippen LogP contribution in [0.15, 0.2) is 46.7 Å². The highest BCUT2D eigenvalue weighted by molar-refractivity contribution is 7.89. The maximum atomic E-state index is 12.6. The molecule has 25 heavy (non-hydrogen) atoms. The predicted octanol–water partition coefficient (Wildman–Crippen LogP) is 3.11. The Balaban J connectivity index is 1.70. The highest BCUT2D eigenvalue weighted by Crippen LogP contribution is 2.46. The number of aliphatic hydroxyl groups is 1. The maximum Gasteiger partial charge on any atom is 0.240 e. The van der Waals surface area contributed by atoms with Crippen molar-refractivity contribution in [3.05, 3.63) is 46.7 Å². The summed E-state index contributed by atoms with van der Waals surface area (Å²) in [4.78, 5) is 0.974. The summed E-state index contributed by atoms with van der Waals surface area (Å²) in [6.45, 7) is 2.59. The van der Waals surface area contributed by atoms with Gasteiger partial charge in [0.15, 0.2) is 0 Å². The first-order valence-corrected chi connectivity index (χ1v) is 10.8. The number of sulfonamides is 1. The lowest BCUT2D eigenvalue weighted by Crippen LogP contribution is -2.41. The van der Waals surface area contributed by atoms with Crippen molar-refractivity contribution in [1.82, 2.24) is 4.72 Å². The first kappa shape index (κ1) is 18.4. The van der Waals surface area contributed by atoms with E-state index in [1.54, 1.807) is 12.1 Å². The minimum Gasteiger partial charge on any atom is -0.494 e. The molecule has 2 aromatic rings. The van der Waals surface area contributed by atoms with E-state index in [0.717, 1.165) is 24.1 Å². The van der Waals surface area contributed by atoms with E-state index in [1.165, 1.54) is 23.5 Å². The molecule has 3 rings (SSSR count). The van der Waals surface area contributed by atoms with Gasteiger partial charge in [-0.15, -0.1) is 11.3 Å². The first-order chi connectivity index (χ1) is 12.0. The molecular weight excluding hydrogens is 358 g/mol. The fraction of sp³-hybridized carbons (Fsp3) is 0.444. The van der Waals surface area contributed by atoms with Gasteiger partial charge < -0.3 is 9.84 Å². The van der Waals surface area contributed by atoms with Crippen molar-refractivity contribution in [2.75, 3.05) is 13.2 Å². The zero-order valence-electron chi connectivity index (χ0n) is 14.1. The van der Waals surface area contributed by atoms with Crippen LogP contribution in [0.1, 0.15) is 31.1 Å². The molecule has 1 aromatic heterocycles. The highest BCUT2D eigenvalue weighted by Gasteiger charge is 2.46. The first-order valence-electron chi connectivity index (χ1n) is 8.44. The van der Waals surface area contributed by atoms with E-state index in [9.17, 15) is 13.5 Å². The minimum atomic E-state index is -3.69. The summed E-state index contributed by atoms with van der Waals surface area (Å²) in [5.74, 6) is 0.757. The van der Waals surface area contributed by atoms with E-state index in [2.05, 4.69) is 4.72 Å². The summed E-state index contributed by atoms with van der Waals surface area (Å²) in [7, 11) is -3.69. The molecule has 1 aliphatic carbocycles. The predicted molar refractivity (Wildman–Crippen MR) is 98.4 cm³/mol. The number of rotatable bonds is 9. The second kappa shape index (κ2) is 7.45. The molecule has 1 aliphatic rings. The van der Waals surface area contributed by atoms with Crippen molar-refractivity contribution in [1.29, 1.82) is 0 Å². The molecule has 136 valence electrons. The van der Waals surface area contributed by atoms with E-state index in [-0.39, 0.29) is 17.4 Å². The lowest BCUT2D eigenvalue weighted by Gasteiger charge is -2.27. The van der Waals surface area contributed by atoms with Crippen LogP contribution >= 0.6 is 11.3 Å². The third kappa shape index (κ3) is 4.23. The van der Waals surface area contributed by atoms with Crippen molar-refractivity contribution in [2.45, 2.75) is 36.7 Å². The largest absolute Gasteiger partial charge is 0.494 e. The summed E-state index contributed by atoms with van der Waals surface area (Å²) in [5, 5.41) is 12.9. The lowest BCUT2D eigenvalue weighted by molar-refractivity contribution is 0.0222. The molecule has 1 atom stereocenters. The molecule has 0 spiro atoms. The Hall–Kier alpha value is -1.41. The van der Waals surface area contributed by atoms with Gasteiger partial charge in [-0.05, 0) is 60.9 Å². The van der Waals surface area contributed by atoms with E-state index in [0.29, 0.717) is 12.4 Å². The highest BCUT2D eigenvalue weighted by atomic mass is 32.2. The van der Waals surface area contributed by atoms with Gasteiger partial charge in [0.2, 0.25) is 10.0 Å². The van der Waals surface area contributed by atoms with Gasteiger partial charge in [0, 0.05) is 11.4 Å². The van der Waals surface area contributed by atoms with Gasteiger partial charge in [0.25, 0.3) is 0 Å². The van der Waals surface area contributed by atoms with Crippen molar-refractivity contribution >= 4 is 21.4 Å². The van der Waals surface area contributed by atoms with Gasteiger partial charge in [-0.25, -0.2) is 13.1 Å². The topological polar surface area (TPSA) is 75.6 Å². The Labute approximate surface area is 152 Å². The van der Waals surface area contributed by atoms with E-state index < -0.39 is 15.6 Å². The summed E-state index contributed by atoms with van der Waals surface area (Å²) >= 11 is 1.45. The molecule has 1 fully saturated rings. The van der Waals surface area contributed by atoms with Crippen LogP contribution < -0.4 is 9.46 Å². The minimum absolute atomic E-state index is 0.0192. The monoisotopic (exact) mass is 381 g/mol. The van der Waals surface area contributed by atoms with Crippen LogP contribution in [-0.4, -0.2) is 26.7 Å². The number of hydrogen-bond donors (Lipinski definition) is 2. The molecule has 1 heterocycles. The Kier molecular flexibility index (Phi) is 5.48. The van der Waals surface area contributed by atoms with Gasteiger partial charge in [-0.2, -0.15) is 0 Å². The second-order valence-electron chi connectivity index (χ2n) is 6.32. The number of nitrogens with one attached hydrogen (secondary N) is 1. The van der Waals surface area contributed by atoms with Gasteiger partial charge >= 0.3 is 0 Å². The lowest BCUT2D eigenvalue weighted by atomic mass is 9.96. The van der Waals surface area contributed by atoms with Crippen molar-refractivity contribution < 1.29 is 18.3 Å². The van der Waals surface area contributed by atoms with Crippen LogP contribution in [0.5, 0.6) is 5.75 Å². The average Bonchev–Trinajstić information content (AvgIpc) is 3.33. The summed E-state index contributed by atoms with van der Waals surface area (Å²) in [5.41, 5.74) is -1.13. The van der Waals surface area contributed by atoms with E-state index >= 15 is 0 Å². The Bertz CT molecular complexity index is 783. The second-order valence-corrected chi connectivity index (χ2v) is 9.03. The fourth-order valence-corrected chi connectivity index (χ4v) is 4.72. The molecule has 2 N–H and O–H groups in total. The van der Waals surface area contributed by atoms with Gasteiger partial charge in [0.1, 0.15) is 11.4 Å². The van der Waals surface area contributed by atoms with Gasteiger partial charge in [0.05, 0.1) is 11.5 Å². The van der Waals surface area contributed by atoms with Crippen molar-refractivity contribution in [3.8, 4) is 5.75 Å². The normalized spacial score (nSPS) is 17.2. The van der Waals surface area contributed by atoms with Gasteiger partial charge in [-0.1, -0.05) is 13.0 Å². The van der Waals surface area contributed by atoms with Crippen LogP contribution in [0.3, 0.4) is 0 Å². The Morgan fingerprint density at radius 1 is 1.28 bits per heavy atom. The fourth-order valence-electron chi connectivity index (χ4n) is 2.74. The molecule has 0 amide bonds. The molecule has 1 saturated carbocycles. The molecule has 7 heteroatoms. The molecule has 0 radical (unpaired) electrons. The van der Waals surface area contributed by atoms with E-state index in [1.807, 2.05) is 24.4 Å². The van der Waals surface area contributed by atoms with Crippen LogP contribution in [0.4, 0.5) is 0 Å². The molecule has 0 bridgehead atoms. The number of thiophene rings is 1. The molecule has 5 nitrogen and oxygen atoms in total. The Morgan fingerprint density at radius 2 is 2.00 bits per heavy atom. The maximum absolute atomic E-state index is 12.6. The molecule has 1 aromatic carbocycles. The molecule has 0 aliphatic heterocycles.